The number of rotatable bonds is 9. The van der Waals surface area contributed by atoms with Crippen LogP contribution in [0.4, 0.5) is 4.79 Å². The third kappa shape index (κ3) is 6.89. The van der Waals surface area contributed by atoms with Crippen LogP contribution in [0.2, 0.25) is 0 Å². The summed E-state index contributed by atoms with van der Waals surface area (Å²) in [5, 5.41) is 24.1. The standard InChI is InChI=1S/C22H26N2O6/c1-14-8-6-7-11-17(14)12-18(21(27)28)23-20(26)19(15(2)25)24-22(29)30-13-16-9-4-3-5-10-16/h3-11,15,18-19,25H,12-13H2,1-2H3,(H,23,26)(H,24,29)(H,27,28)/t15-,18+,19+/m1/s1. The van der Waals surface area contributed by atoms with Gasteiger partial charge in [0.25, 0.3) is 0 Å². The Kier molecular flexibility index (Phi) is 8.37. The van der Waals surface area contributed by atoms with Crippen LogP contribution in [0, 0.1) is 6.92 Å². The van der Waals surface area contributed by atoms with Crippen LogP contribution in [0.15, 0.2) is 54.6 Å². The molecular weight excluding hydrogens is 388 g/mol. The fourth-order valence-corrected chi connectivity index (χ4v) is 2.82. The van der Waals surface area contributed by atoms with Crippen molar-refractivity contribution in [2.45, 2.75) is 45.1 Å². The van der Waals surface area contributed by atoms with Crippen LogP contribution in [0.5, 0.6) is 0 Å². The van der Waals surface area contributed by atoms with Gasteiger partial charge in [-0.3, -0.25) is 4.79 Å². The Balaban J connectivity index is 1.99. The summed E-state index contributed by atoms with van der Waals surface area (Å²) in [6.45, 7) is 3.16. The van der Waals surface area contributed by atoms with Crippen molar-refractivity contribution in [3.63, 3.8) is 0 Å². The van der Waals surface area contributed by atoms with E-state index in [1.807, 2.05) is 25.1 Å². The minimum absolute atomic E-state index is 0.00808. The minimum Gasteiger partial charge on any atom is -0.480 e. The van der Waals surface area contributed by atoms with Gasteiger partial charge in [-0.2, -0.15) is 0 Å². The molecule has 0 unspecified atom stereocenters. The molecule has 8 heteroatoms. The summed E-state index contributed by atoms with van der Waals surface area (Å²) in [5.41, 5.74) is 2.43. The molecule has 0 saturated heterocycles. The maximum absolute atomic E-state index is 12.6. The predicted molar refractivity (Wildman–Crippen MR) is 110 cm³/mol. The van der Waals surface area contributed by atoms with Gasteiger partial charge in [-0.25, -0.2) is 9.59 Å². The number of ether oxygens (including phenoxy) is 1. The van der Waals surface area contributed by atoms with Crippen molar-refractivity contribution in [3.05, 3.63) is 71.3 Å². The van der Waals surface area contributed by atoms with Crippen LogP contribution in [-0.4, -0.2) is 46.4 Å². The first-order valence-electron chi connectivity index (χ1n) is 9.51. The number of aliphatic hydroxyl groups is 1. The van der Waals surface area contributed by atoms with Crippen LogP contribution in [-0.2, 0) is 27.4 Å². The molecule has 0 aliphatic heterocycles. The quantitative estimate of drug-likeness (QED) is 0.496. The van der Waals surface area contributed by atoms with E-state index in [9.17, 15) is 24.6 Å². The highest BCUT2D eigenvalue weighted by Crippen LogP contribution is 2.10. The number of alkyl carbamates (subject to hydrolysis) is 1. The van der Waals surface area contributed by atoms with Gasteiger partial charge < -0.3 is 25.6 Å². The molecular formula is C22H26N2O6. The second-order valence-electron chi connectivity index (χ2n) is 6.95. The van der Waals surface area contributed by atoms with Crippen molar-refractivity contribution < 1.29 is 29.3 Å². The smallest absolute Gasteiger partial charge is 0.408 e. The average Bonchev–Trinajstić information content (AvgIpc) is 2.71. The number of aliphatic hydroxyl groups excluding tert-OH is 1. The van der Waals surface area contributed by atoms with Crippen LogP contribution in [0.1, 0.15) is 23.6 Å². The SMILES string of the molecule is Cc1ccccc1C[C@H](NC(=O)[C@@H](NC(=O)OCc1ccccc1)[C@@H](C)O)C(=O)O. The van der Waals surface area contributed by atoms with Crippen molar-refractivity contribution in [2.24, 2.45) is 0 Å². The molecule has 160 valence electrons. The molecule has 0 spiro atoms. The van der Waals surface area contributed by atoms with E-state index in [2.05, 4.69) is 10.6 Å². The Labute approximate surface area is 174 Å². The van der Waals surface area contributed by atoms with Crippen molar-refractivity contribution in [3.8, 4) is 0 Å². The average molecular weight is 414 g/mol. The molecule has 0 aliphatic rings. The number of carboxylic acids is 1. The summed E-state index contributed by atoms with van der Waals surface area (Å²) < 4.78 is 5.07. The molecule has 0 saturated carbocycles. The van der Waals surface area contributed by atoms with E-state index in [4.69, 9.17) is 4.74 Å². The number of carbonyl (C=O) groups excluding carboxylic acids is 2. The van der Waals surface area contributed by atoms with E-state index < -0.39 is 36.2 Å². The molecule has 2 amide bonds. The Morgan fingerprint density at radius 3 is 2.23 bits per heavy atom. The van der Waals surface area contributed by atoms with Crippen molar-refractivity contribution in [2.75, 3.05) is 0 Å². The Morgan fingerprint density at radius 2 is 1.63 bits per heavy atom. The Hall–Kier alpha value is -3.39. The summed E-state index contributed by atoms with van der Waals surface area (Å²) in [4.78, 5) is 36.3. The predicted octanol–water partition coefficient (Wildman–Crippen LogP) is 1.78. The van der Waals surface area contributed by atoms with E-state index in [0.29, 0.717) is 0 Å². The van der Waals surface area contributed by atoms with Gasteiger partial charge in [0, 0.05) is 6.42 Å². The van der Waals surface area contributed by atoms with Crippen molar-refractivity contribution in [1.29, 1.82) is 0 Å². The molecule has 0 fully saturated rings. The van der Waals surface area contributed by atoms with Crippen molar-refractivity contribution in [1.82, 2.24) is 10.6 Å². The number of aryl methyl sites for hydroxylation is 1. The summed E-state index contributed by atoms with van der Waals surface area (Å²) in [5.74, 6) is -2.04. The zero-order valence-corrected chi connectivity index (χ0v) is 16.9. The topological polar surface area (TPSA) is 125 Å². The molecule has 0 radical (unpaired) electrons. The number of hydrogen-bond donors (Lipinski definition) is 4. The van der Waals surface area contributed by atoms with Gasteiger partial charge >= 0.3 is 12.1 Å². The summed E-state index contributed by atoms with van der Waals surface area (Å²) >= 11 is 0. The number of hydrogen-bond acceptors (Lipinski definition) is 5. The first-order chi connectivity index (χ1) is 14.3. The lowest BCUT2D eigenvalue weighted by Crippen LogP contribution is -2.56. The van der Waals surface area contributed by atoms with Gasteiger partial charge in [0.05, 0.1) is 6.10 Å². The van der Waals surface area contributed by atoms with Gasteiger partial charge in [-0.1, -0.05) is 54.6 Å². The second-order valence-corrected chi connectivity index (χ2v) is 6.95. The first kappa shape index (κ1) is 22.9. The molecule has 0 aliphatic carbocycles. The van der Waals surface area contributed by atoms with Gasteiger partial charge in [0.1, 0.15) is 18.7 Å². The largest absolute Gasteiger partial charge is 0.480 e. The van der Waals surface area contributed by atoms with Gasteiger partial charge in [0.15, 0.2) is 0 Å². The van der Waals surface area contributed by atoms with Crippen LogP contribution < -0.4 is 10.6 Å². The van der Waals surface area contributed by atoms with E-state index >= 15 is 0 Å². The number of carboxylic acid groups (broad SMARTS) is 1. The summed E-state index contributed by atoms with van der Waals surface area (Å²) in [6.07, 6.45) is -2.09. The van der Waals surface area contributed by atoms with E-state index in [0.717, 1.165) is 16.7 Å². The number of nitrogens with one attached hydrogen (secondary N) is 2. The van der Waals surface area contributed by atoms with E-state index in [1.54, 1.807) is 36.4 Å². The van der Waals surface area contributed by atoms with Gasteiger partial charge in [-0.15, -0.1) is 0 Å². The lowest BCUT2D eigenvalue weighted by molar-refractivity contribution is -0.142. The normalized spacial score (nSPS) is 13.6. The molecule has 2 aromatic carbocycles. The molecule has 0 bridgehead atoms. The van der Waals surface area contributed by atoms with Crippen molar-refractivity contribution >= 4 is 18.0 Å². The number of amides is 2. The van der Waals surface area contributed by atoms with E-state index in [-0.39, 0.29) is 13.0 Å². The second kappa shape index (κ2) is 11.0. The molecule has 2 aromatic rings. The molecule has 0 aromatic heterocycles. The summed E-state index contributed by atoms with van der Waals surface area (Å²) in [6, 6.07) is 13.6. The third-order valence-electron chi connectivity index (χ3n) is 4.55. The van der Waals surface area contributed by atoms with Crippen LogP contribution in [0.3, 0.4) is 0 Å². The maximum Gasteiger partial charge on any atom is 0.408 e. The fourth-order valence-electron chi connectivity index (χ4n) is 2.82. The van der Waals surface area contributed by atoms with Crippen LogP contribution >= 0.6 is 0 Å². The van der Waals surface area contributed by atoms with E-state index in [1.165, 1.54) is 6.92 Å². The lowest BCUT2D eigenvalue weighted by atomic mass is 10.0. The molecule has 3 atom stereocenters. The first-order valence-corrected chi connectivity index (χ1v) is 9.51. The van der Waals surface area contributed by atoms with Crippen LogP contribution in [0.25, 0.3) is 0 Å². The highest BCUT2D eigenvalue weighted by atomic mass is 16.5. The monoisotopic (exact) mass is 414 g/mol. The molecule has 30 heavy (non-hydrogen) atoms. The Morgan fingerprint density at radius 1 is 1.00 bits per heavy atom. The number of aliphatic carboxylic acids is 1. The highest BCUT2D eigenvalue weighted by molar-refractivity contribution is 5.89. The highest BCUT2D eigenvalue weighted by Gasteiger charge is 2.30. The number of carbonyl (C=O) groups is 3. The molecule has 2 rings (SSSR count). The lowest BCUT2D eigenvalue weighted by Gasteiger charge is -2.23. The zero-order valence-electron chi connectivity index (χ0n) is 16.9. The molecule has 0 heterocycles. The fraction of sp³-hybridized carbons (Fsp3) is 0.318. The minimum atomic E-state index is -1.37. The zero-order chi connectivity index (χ0) is 22.1. The maximum atomic E-state index is 12.6. The molecule has 8 nitrogen and oxygen atoms in total. The van der Waals surface area contributed by atoms with Gasteiger partial charge in [-0.05, 0) is 30.5 Å². The van der Waals surface area contributed by atoms with Gasteiger partial charge in [0.2, 0.25) is 5.91 Å². The Bertz CT molecular complexity index is 869. The third-order valence-corrected chi connectivity index (χ3v) is 4.55. The summed E-state index contributed by atoms with van der Waals surface area (Å²) in [7, 11) is 0. The number of benzene rings is 2. The molecule has 4 N–H and O–H groups in total.